The molecule has 0 unspecified atom stereocenters. The number of guanidine groups is 1. The summed E-state index contributed by atoms with van der Waals surface area (Å²) in [5, 5.41) is 6.77. The summed E-state index contributed by atoms with van der Waals surface area (Å²) in [4.78, 5) is 6.50. The Kier molecular flexibility index (Phi) is 13.9. The summed E-state index contributed by atoms with van der Waals surface area (Å²) >= 11 is 0. The maximum absolute atomic E-state index is 5.79. The molecule has 2 N–H and O–H groups in total. The first kappa shape index (κ1) is 24.9. The number of hydrogen-bond donors (Lipinski definition) is 2. The van der Waals surface area contributed by atoms with E-state index in [4.69, 9.17) is 9.47 Å². The lowest BCUT2D eigenvalue weighted by Crippen LogP contribution is -2.45. The number of nitrogens with zero attached hydrogens (tertiary/aromatic N) is 2. The second kappa shape index (κ2) is 14.0. The van der Waals surface area contributed by atoms with Gasteiger partial charge in [-0.15, -0.1) is 24.0 Å². The zero-order valence-electron chi connectivity index (χ0n) is 16.8. The first-order valence-corrected chi connectivity index (χ1v) is 9.18. The predicted molar refractivity (Wildman–Crippen MR) is 116 cm³/mol. The second-order valence-electron chi connectivity index (χ2n) is 7.74. The Bertz CT molecular complexity index is 359. The Balaban J connectivity index is 0.00000576. The van der Waals surface area contributed by atoms with Gasteiger partial charge in [-0.2, -0.15) is 0 Å². The molecule has 0 radical (unpaired) electrons. The van der Waals surface area contributed by atoms with Crippen LogP contribution in [0.2, 0.25) is 0 Å². The van der Waals surface area contributed by atoms with E-state index in [1.807, 2.05) is 7.05 Å². The van der Waals surface area contributed by atoms with Crippen molar-refractivity contribution in [3.05, 3.63) is 0 Å². The van der Waals surface area contributed by atoms with Crippen molar-refractivity contribution in [2.75, 3.05) is 67.2 Å². The number of nitrogens with one attached hydrogen (secondary N) is 2. The monoisotopic (exact) mass is 470 g/mol. The standard InChI is InChI=1S/C18H38N4O2.HI/c1-18(2,15-22(4)5)14-21-17(19-3)20-9-6-10-24-13-16-7-11-23-12-8-16;/h16H,6-15H2,1-5H3,(H2,19,20,21);1H. The molecule has 0 aromatic carbocycles. The van der Waals surface area contributed by atoms with Crippen LogP contribution in [0.25, 0.3) is 0 Å². The van der Waals surface area contributed by atoms with E-state index in [0.29, 0.717) is 5.92 Å². The first-order chi connectivity index (χ1) is 11.4. The highest BCUT2D eigenvalue weighted by Gasteiger charge is 2.19. The Morgan fingerprint density at radius 2 is 1.92 bits per heavy atom. The molecule has 1 rings (SSSR count). The zero-order chi connectivity index (χ0) is 17.8. The van der Waals surface area contributed by atoms with Gasteiger partial charge in [0, 0.05) is 53.1 Å². The molecule has 25 heavy (non-hydrogen) atoms. The van der Waals surface area contributed by atoms with Gasteiger partial charge in [-0.25, -0.2) is 0 Å². The second-order valence-corrected chi connectivity index (χ2v) is 7.74. The van der Waals surface area contributed by atoms with E-state index in [9.17, 15) is 0 Å². The Hall–Kier alpha value is -0.120. The summed E-state index contributed by atoms with van der Waals surface area (Å²) in [6.07, 6.45) is 3.26. The van der Waals surface area contributed by atoms with Crippen molar-refractivity contribution < 1.29 is 9.47 Å². The van der Waals surface area contributed by atoms with E-state index in [-0.39, 0.29) is 29.4 Å². The first-order valence-electron chi connectivity index (χ1n) is 9.18. The zero-order valence-corrected chi connectivity index (χ0v) is 19.1. The molecule has 6 nitrogen and oxygen atoms in total. The molecule has 0 saturated carbocycles. The highest BCUT2D eigenvalue weighted by molar-refractivity contribution is 14.0. The number of hydrogen-bond acceptors (Lipinski definition) is 4. The molecule has 1 heterocycles. The maximum atomic E-state index is 5.79. The lowest BCUT2D eigenvalue weighted by atomic mass is 9.93. The van der Waals surface area contributed by atoms with Gasteiger partial charge in [0.05, 0.1) is 0 Å². The van der Waals surface area contributed by atoms with Crippen LogP contribution in [0.1, 0.15) is 33.1 Å². The summed E-state index contributed by atoms with van der Waals surface area (Å²) in [6, 6.07) is 0. The molecule has 1 aliphatic rings. The van der Waals surface area contributed by atoms with E-state index >= 15 is 0 Å². The smallest absolute Gasteiger partial charge is 0.190 e. The normalized spacial score (nSPS) is 16.6. The molecule has 0 atom stereocenters. The Labute approximate surface area is 171 Å². The van der Waals surface area contributed by atoms with Gasteiger partial charge >= 0.3 is 0 Å². The molecular formula is C18H39IN4O2. The lowest BCUT2D eigenvalue weighted by Gasteiger charge is -2.29. The van der Waals surface area contributed by atoms with Crippen LogP contribution in [0.3, 0.4) is 0 Å². The fraction of sp³-hybridized carbons (Fsp3) is 0.944. The Morgan fingerprint density at radius 1 is 1.24 bits per heavy atom. The van der Waals surface area contributed by atoms with Crippen LogP contribution in [-0.2, 0) is 9.47 Å². The summed E-state index contributed by atoms with van der Waals surface area (Å²) < 4.78 is 11.1. The molecule has 0 spiro atoms. The highest BCUT2D eigenvalue weighted by Crippen LogP contribution is 2.15. The van der Waals surface area contributed by atoms with E-state index in [1.165, 1.54) is 0 Å². The van der Waals surface area contributed by atoms with Gasteiger partial charge in [0.15, 0.2) is 5.96 Å². The number of aliphatic imine (C=N–C) groups is 1. The van der Waals surface area contributed by atoms with Gasteiger partial charge < -0.3 is 25.0 Å². The Morgan fingerprint density at radius 3 is 2.52 bits per heavy atom. The lowest BCUT2D eigenvalue weighted by molar-refractivity contribution is 0.0203. The van der Waals surface area contributed by atoms with E-state index in [2.05, 4.69) is 48.5 Å². The summed E-state index contributed by atoms with van der Waals surface area (Å²) in [6.45, 7) is 10.8. The molecule has 1 aliphatic heterocycles. The average molecular weight is 470 g/mol. The average Bonchev–Trinajstić information content (AvgIpc) is 2.53. The minimum Gasteiger partial charge on any atom is -0.381 e. The van der Waals surface area contributed by atoms with Crippen LogP contribution in [0.15, 0.2) is 4.99 Å². The quantitative estimate of drug-likeness (QED) is 0.222. The van der Waals surface area contributed by atoms with Crippen LogP contribution in [0.4, 0.5) is 0 Å². The van der Waals surface area contributed by atoms with Gasteiger partial charge in [-0.3, -0.25) is 4.99 Å². The third kappa shape index (κ3) is 12.8. The molecular weight excluding hydrogens is 431 g/mol. The topological polar surface area (TPSA) is 58.1 Å². The number of halogens is 1. The van der Waals surface area contributed by atoms with Gasteiger partial charge in [-0.05, 0) is 44.7 Å². The van der Waals surface area contributed by atoms with Gasteiger partial charge in [0.2, 0.25) is 0 Å². The van der Waals surface area contributed by atoms with Crippen molar-refractivity contribution in [2.45, 2.75) is 33.1 Å². The fourth-order valence-corrected chi connectivity index (χ4v) is 3.00. The van der Waals surface area contributed by atoms with E-state index in [0.717, 1.165) is 71.3 Å². The van der Waals surface area contributed by atoms with Crippen LogP contribution in [0.5, 0.6) is 0 Å². The van der Waals surface area contributed by atoms with Gasteiger partial charge in [0.25, 0.3) is 0 Å². The maximum Gasteiger partial charge on any atom is 0.190 e. The highest BCUT2D eigenvalue weighted by atomic mass is 127. The molecule has 1 fully saturated rings. The van der Waals surface area contributed by atoms with Crippen LogP contribution >= 0.6 is 24.0 Å². The number of ether oxygens (including phenoxy) is 2. The van der Waals surface area contributed by atoms with Crippen LogP contribution < -0.4 is 10.6 Å². The number of rotatable bonds is 10. The van der Waals surface area contributed by atoms with Crippen molar-refractivity contribution in [3.63, 3.8) is 0 Å². The molecule has 0 bridgehead atoms. The molecule has 0 aromatic heterocycles. The fourth-order valence-electron chi connectivity index (χ4n) is 3.00. The van der Waals surface area contributed by atoms with Crippen molar-refractivity contribution in [2.24, 2.45) is 16.3 Å². The molecule has 7 heteroatoms. The minimum absolute atomic E-state index is 0. The van der Waals surface area contributed by atoms with Crippen molar-refractivity contribution in [1.82, 2.24) is 15.5 Å². The largest absolute Gasteiger partial charge is 0.381 e. The van der Waals surface area contributed by atoms with Crippen molar-refractivity contribution in [3.8, 4) is 0 Å². The predicted octanol–water partition coefficient (Wildman–Crippen LogP) is 2.19. The molecule has 150 valence electrons. The van der Waals surface area contributed by atoms with E-state index in [1.54, 1.807) is 0 Å². The van der Waals surface area contributed by atoms with Gasteiger partial charge in [0.1, 0.15) is 0 Å². The summed E-state index contributed by atoms with van der Waals surface area (Å²) in [5.41, 5.74) is 0.202. The SMILES string of the molecule is CN=C(NCCCOCC1CCOCC1)NCC(C)(C)CN(C)C.I. The van der Waals surface area contributed by atoms with Crippen LogP contribution in [-0.4, -0.2) is 78.1 Å². The van der Waals surface area contributed by atoms with Crippen molar-refractivity contribution in [1.29, 1.82) is 0 Å². The third-order valence-electron chi connectivity index (χ3n) is 4.15. The third-order valence-corrected chi connectivity index (χ3v) is 4.15. The molecule has 0 amide bonds. The molecule has 1 saturated heterocycles. The van der Waals surface area contributed by atoms with Crippen LogP contribution in [0, 0.1) is 11.3 Å². The summed E-state index contributed by atoms with van der Waals surface area (Å²) in [7, 11) is 6.03. The summed E-state index contributed by atoms with van der Waals surface area (Å²) in [5.74, 6) is 1.55. The molecule has 0 aliphatic carbocycles. The molecule has 0 aromatic rings. The van der Waals surface area contributed by atoms with E-state index < -0.39 is 0 Å². The van der Waals surface area contributed by atoms with Crippen molar-refractivity contribution >= 4 is 29.9 Å². The minimum atomic E-state index is 0. The van der Waals surface area contributed by atoms with Gasteiger partial charge in [-0.1, -0.05) is 13.8 Å².